The summed E-state index contributed by atoms with van der Waals surface area (Å²) < 4.78 is 0. The molecule has 13 heavy (non-hydrogen) atoms. The second-order valence-electron chi connectivity index (χ2n) is 3.23. The fourth-order valence-electron chi connectivity index (χ4n) is 1.07. The van der Waals surface area contributed by atoms with Gasteiger partial charge in [0.25, 0.3) is 0 Å². The Balaban J connectivity index is 3.62. The summed E-state index contributed by atoms with van der Waals surface area (Å²) in [7, 11) is 2.06. The van der Waals surface area contributed by atoms with Crippen molar-refractivity contribution in [1.82, 2.24) is 10.2 Å². The van der Waals surface area contributed by atoms with Crippen molar-refractivity contribution in [3.63, 3.8) is 0 Å². The average molecular weight is 207 g/mol. The Hall–Kier alpha value is 0.190. The zero-order valence-electron chi connectivity index (χ0n) is 8.66. The minimum Gasteiger partial charge on any atom is -0.295 e. The minimum atomic E-state index is 0.273. The van der Waals surface area contributed by atoms with E-state index in [-0.39, 0.29) is 5.37 Å². The molecule has 0 fully saturated rings. The van der Waals surface area contributed by atoms with E-state index >= 15 is 0 Å². The lowest BCUT2D eigenvalue weighted by Gasteiger charge is -2.27. The summed E-state index contributed by atoms with van der Waals surface area (Å²) in [5, 5.41) is 3.35. The number of nitrogens with zero attached hydrogens (tertiary/aromatic N) is 1. The standard InChI is InChI=1S/C8H21N3OS/c1-4-11(3)8(13)7(2)5-10-6-12-9/h7-8,10,13H,4-6,9H2,1-3H3/t7-,8?/m1/s1. The highest BCUT2D eigenvalue weighted by molar-refractivity contribution is 7.80. The average Bonchev–Trinajstić information content (AvgIpc) is 2.15. The molecule has 0 amide bonds. The normalized spacial score (nSPS) is 16.2. The van der Waals surface area contributed by atoms with Crippen LogP contribution in [0.25, 0.3) is 0 Å². The van der Waals surface area contributed by atoms with Gasteiger partial charge in [0.1, 0.15) is 6.73 Å². The van der Waals surface area contributed by atoms with Gasteiger partial charge in [-0.3, -0.25) is 15.1 Å². The second-order valence-corrected chi connectivity index (χ2v) is 3.76. The lowest BCUT2D eigenvalue weighted by atomic mass is 10.1. The number of rotatable bonds is 7. The molecule has 0 aliphatic carbocycles. The molecule has 3 N–H and O–H groups in total. The van der Waals surface area contributed by atoms with E-state index in [1.807, 2.05) is 0 Å². The monoisotopic (exact) mass is 207 g/mol. The number of nitrogens with one attached hydrogen (secondary N) is 1. The molecule has 0 radical (unpaired) electrons. The Kier molecular flexibility index (Phi) is 7.69. The summed E-state index contributed by atoms with van der Waals surface area (Å²) in [6.45, 7) is 6.52. The van der Waals surface area contributed by atoms with Crippen molar-refractivity contribution in [2.75, 3.05) is 26.9 Å². The predicted molar refractivity (Wildman–Crippen MR) is 58.4 cm³/mol. The van der Waals surface area contributed by atoms with Crippen molar-refractivity contribution in [3.05, 3.63) is 0 Å². The maximum absolute atomic E-state index is 4.88. The third kappa shape index (κ3) is 5.49. The Labute approximate surface area is 86.2 Å². The quantitative estimate of drug-likeness (QED) is 0.243. The highest BCUT2D eigenvalue weighted by Gasteiger charge is 2.15. The Morgan fingerprint density at radius 1 is 1.62 bits per heavy atom. The molecule has 0 bridgehead atoms. The van der Waals surface area contributed by atoms with E-state index in [4.69, 9.17) is 5.90 Å². The smallest absolute Gasteiger partial charge is 0.118 e. The number of hydrogen-bond donors (Lipinski definition) is 3. The summed E-state index contributed by atoms with van der Waals surface area (Å²) >= 11 is 4.52. The minimum absolute atomic E-state index is 0.273. The summed E-state index contributed by atoms with van der Waals surface area (Å²) in [6, 6.07) is 0. The molecule has 80 valence electrons. The van der Waals surface area contributed by atoms with Crippen LogP contribution in [0.2, 0.25) is 0 Å². The number of thiol groups is 1. The van der Waals surface area contributed by atoms with Crippen LogP contribution < -0.4 is 11.2 Å². The molecular formula is C8H21N3OS. The van der Waals surface area contributed by atoms with Crippen molar-refractivity contribution in [2.24, 2.45) is 11.8 Å². The molecule has 0 heterocycles. The highest BCUT2D eigenvalue weighted by Crippen LogP contribution is 2.12. The maximum Gasteiger partial charge on any atom is 0.118 e. The van der Waals surface area contributed by atoms with Gasteiger partial charge < -0.3 is 0 Å². The van der Waals surface area contributed by atoms with Gasteiger partial charge in [-0.15, -0.1) is 0 Å². The molecule has 2 atom stereocenters. The Morgan fingerprint density at radius 3 is 2.69 bits per heavy atom. The Morgan fingerprint density at radius 2 is 2.23 bits per heavy atom. The van der Waals surface area contributed by atoms with Crippen molar-refractivity contribution < 1.29 is 4.84 Å². The molecule has 0 aromatic carbocycles. The first-order valence-corrected chi connectivity index (χ1v) is 5.05. The van der Waals surface area contributed by atoms with Gasteiger partial charge in [-0.25, -0.2) is 5.90 Å². The van der Waals surface area contributed by atoms with Crippen LogP contribution in [0.1, 0.15) is 13.8 Å². The van der Waals surface area contributed by atoms with Gasteiger partial charge in [0.15, 0.2) is 0 Å². The lowest BCUT2D eigenvalue weighted by Crippen LogP contribution is -2.38. The fourth-order valence-corrected chi connectivity index (χ4v) is 1.34. The van der Waals surface area contributed by atoms with E-state index in [1.54, 1.807) is 0 Å². The first kappa shape index (κ1) is 13.2. The molecule has 0 rings (SSSR count). The number of nitrogens with two attached hydrogens (primary N) is 1. The van der Waals surface area contributed by atoms with Crippen LogP contribution >= 0.6 is 12.6 Å². The van der Waals surface area contributed by atoms with E-state index in [2.05, 4.69) is 48.6 Å². The van der Waals surface area contributed by atoms with Gasteiger partial charge in [-0.2, -0.15) is 12.6 Å². The topological polar surface area (TPSA) is 50.5 Å². The molecule has 0 aromatic heterocycles. The molecule has 0 spiro atoms. The van der Waals surface area contributed by atoms with Gasteiger partial charge in [0, 0.05) is 6.54 Å². The summed E-state index contributed by atoms with van der Waals surface area (Å²) in [5.41, 5.74) is 0. The Bertz CT molecular complexity index is 126. The molecule has 4 nitrogen and oxygen atoms in total. The summed E-state index contributed by atoms with van der Waals surface area (Å²) in [4.78, 5) is 6.60. The lowest BCUT2D eigenvalue weighted by molar-refractivity contribution is 0.114. The van der Waals surface area contributed by atoms with Crippen LogP contribution in [-0.4, -0.2) is 37.1 Å². The molecular weight excluding hydrogens is 186 g/mol. The van der Waals surface area contributed by atoms with Gasteiger partial charge >= 0.3 is 0 Å². The zero-order valence-corrected chi connectivity index (χ0v) is 9.55. The van der Waals surface area contributed by atoms with Crippen LogP contribution in [0.4, 0.5) is 0 Å². The largest absolute Gasteiger partial charge is 0.295 e. The third-order valence-electron chi connectivity index (χ3n) is 2.11. The van der Waals surface area contributed by atoms with Gasteiger partial charge in [0.05, 0.1) is 5.37 Å². The molecule has 5 heteroatoms. The SMILES string of the molecule is CCN(C)C(S)[C@H](C)CNCON. The molecule has 0 saturated heterocycles. The van der Waals surface area contributed by atoms with Gasteiger partial charge in [-0.1, -0.05) is 13.8 Å². The van der Waals surface area contributed by atoms with E-state index < -0.39 is 0 Å². The van der Waals surface area contributed by atoms with Crippen molar-refractivity contribution in [3.8, 4) is 0 Å². The van der Waals surface area contributed by atoms with E-state index in [9.17, 15) is 0 Å². The van der Waals surface area contributed by atoms with Gasteiger partial charge in [-0.05, 0) is 19.5 Å². The molecule has 1 unspecified atom stereocenters. The van der Waals surface area contributed by atoms with E-state index in [0.717, 1.165) is 13.1 Å². The molecule has 0 aliphatic rings. The first-order chi connectivity index (χ1) is 6.13. The maximum atomic E-state index is 4.88. The van der Waals surface area contributed by atoms with Crippen molar-refractivity contribution in [2.45, 2.75) is 19.2 Å². The summed E-state index contributed by atoms with van der Waals surface area (Å²) in [5.74, 6) is 5.35. The van der Waals surface area contributed by atoms with E-state index in [1.165, 1.54) is 0 Å². The van der Waals surface area contributed by atoms with Crippen LogP contribution in [0.5, 0.6) is 0 Å². The summed E-state index contributed by atoms with van der Waals surface area (Å²) in [6.07, 6.45) is 0. The molecule has 0 aliphatic heterocycles. The van der Waals surface area contributed by atoms with Crippen LogP contribution in [0.3, 0.4) is 0 Å². The second kappa shape index (κ2) is 7.58. The fraction of sp³-hybridized carbons (Fsp3) is 1.00. The van der Waals surface area contributed by atoms with Crippen LogP contribution in [0.15, 0.2) is 0 Å². The number of hydrogen-bond acceptors (Lipinski definition) is 5. The van der Waals surface area contributed by atoms with Crippen LogP contribution in [0, 0.1) is 5.92 Å². The zero-order chi connectivity index (χ0) is 10.3. The van der Waals surface area contributed by atoms with Crippen molar-refractivity contribution >= 4 is 12.6 Å². The van der Waals surface area contributed by atoms with E-state index in [0.29, 0.717) is 12.6 Å². The molecule has 0 saturated carbocycles. The highest BCUT2D eigenvalue weighted by atomic mass is 32.1. The third-order valence-corrected chi connectivity index (χ3v) is 3.01. The first-order valence-electron chi connectivity index (χ1n) is 4.54. The van der Waals surface area contributed by atoms with Crippen molar-refractivity contribution in [1.29, 1.82) is 0 Å². The predicted octanol–water partition coefficient (Wildman–Crippen LogP) is 0.267. The molecule has 0 aromatic rings. The van der Waals surface area contributed by atoms with Crippen LogP contribution in [-0.2, 0) is 4.84 Å². The van der Waals surface area contributed by atoms with Gasteiger partial charge in [0.2, 0.25) is 0 Å².